The Morgan fingerprint density at radius 1 is 1.18 bits per heavy atom. The standard InChI is InChI=1S/C18H16Cl2N4O2S2/c1-10(16(25)21-13-8-7-11(19)9-12(13)20)27-18-24-23-17(28-18)22-14-5-3-4-6-15(14)26-2/h3-10H,1-2H3,(H,21,25)(H,22,23). The zero-order valence-corrected chi connectivity index (χ0v) is 18.0. The summed E-state index contributed by atoms with van der Waals surface area (Å²) in [6.07, 6.45) is 0. The summed E-state index contributed by atoms with van der Waals surface area (Å²) in [6, 6.07) is 12.4. The summed E-state index contributed by atoms with van der Waals surface area (Å²) in [5, 5.41) is 15.3. The number of halogens is 2. The van der Waals surface area contributed by atoms with E-state index in [-0.39, 0.29) is 11.2 Å². The number of carbonyl (C=O) groups excluding carboxylic acids is 1. The molecule has 3 rings (SSSR count). The van der Waals surface area contributed by atoms with Gasteiger partial charge in [0.25, 0.3) is 0 Å². The molecular weight excluding hydrogens is 439 g/mol. The second-order valence-corrected chi connectivity index (χ2v) is 8.98. The quantitative estimate of drug-likeness (QED) is 0.444. The summed E-state index contributed by atoms with van der Waals surface area (Å²) in [5.41, 5.74) is 1.31. The molecule has 1 unspecified atom stereocenters. The second kappa shape index (κ2) is 9.47. The fourth-order valence-electron chi connectivity index (χ4n) is 2.20. The summed E-state index contributed by atoms with van der Waals surface area (Å²) in [4.78, 5) is 12.4. The van der Waals surface area contributed by atoms with Crippen molar-refractivity contribution in [3.05, 3.63) is 52.5 Å². The van der Waals surface area contributed by atoms with Gasteiger partial charge in [0, 0.05) is 5.02 Å². The number of nitrogens with one attached hydrogen (secondary N) is 2. The summed E-state index contributed by atoms with van der Waals surface area (Å²) in [7, 11) is 1.61. The largest absolute Gasteiger partial charge is 0.495 e. The summed E-state index contributed by atoms with van der Waals surface area (Å²) in [6.45, 7) is 1.79. The number of thioether (sulfide) groups is 1. The second-order valence-electron chi connectivity index (χ2n) is 5.57. The third-order valence-corrected chi connectivity index (χ3v) is 6.16. The number of para-hydroxylation sites is 2. The van der Waals surface area contributed by atoms with Crippen molar-refractivity contribution in [2.75, 3.05) is 17.7 Å². The number of benzene rings is 2. The number of anilines is 3. The minimum absolute atomic E-state index is 0.191. The fourth-order valence-corrected chi connectivity index (χ4v) is 4.57. The van der Waals surface area contributed by atoms with Crippen LogP contribution in [0.15, 0.2) is 46.8 Å². The molecule has 0 aliphatic heterocycles. The Kier molecular flexibility index (Phi) is 7.01. The van der Waals surface area contributed by atoms with Crippen LogP contribution < -0.4 is 15.4 Å². The van der Waals surface area contributed by atoms with E-state index in [1.807, 2.05) is 24.3 Å². The topological polar surface area (TPSA) is 76.1 Å². The molecule has 0 fully saturated rings. The molecule has 0 saturated carbocycles. The van der Waals surface area contributed by atoms with Crippen LogP contribution >= 0.6 is 46.3 Å². The van der Waals surface area contributed by atoms with Crippen molar-refractivity contribution in [2.24, 2.45) is 0 Å². The van der Waals surface area contributed by atoms with E-state index in [9.17, 15) is 4.79 Å². The molecule has 2 N–H and O–H groups in total. The molecule has 0 aliphatic carbocycles. The van der Waals surface area contributed by atoms with Crippen molar-refractivity contribution < 1.29 is 9.53 Å². The van der Waals surface area contributed by atoms with E-state index in [0.29, 0.717) is 31.0 Å². The van der Waals surface area contributed by atoms with Crippen LogP contribution in [-0.2, 0) is 4.79 Å². The van der Waals surface area contributed by atoms with Crippen molar-refractivity contribution in [3.8, 4) is 5.75 Å². The molecule has 2 aromatic carbocycles. The zero-order valence-electron chi connectivity index (χ0n) is 14.9. The number of amides is 1. The highest BCUT2D eigenvalue weighted by Crippen LogP contribution is 2.33. The van der Waals surface area contributed by atoms with Crippen LogP contribution in [0.3, 0.4) is 0 Å². The number of nitrogens with zero attached hydrogens (tertiary/aromatic N) is 2. The van der Waals surface area contributed by atoms with Crippen molar-refractivity contribution in [1.29, 1.82) is 0 Å². The first kappa shape index (κ1) is 20.7. The predicted molar refractivity (Wildman–Crippen MR) is 117 cm³/mol. The lowest BCUT2D eigenvalue weighted by molar-refractivity contribution is -0.115. The highest BCUT2D eigenvalue weighted by atomic mass is 35.5. The van der Waals surface area contributed by atoms with E-state index in [1.54, 1.807) is 32.2 Å². The number of hydrogen-bond donors (Lipinski definition) is 2. The first-order valence-electron chi connectivity index (χ1n) is 8.12. The molecule has 0 bridgehead atoms. The SMILES string of the molecule is COc1ccccc1Nc1nnc(SC(C)C(=O)Nc2ccc(Cl)cc2Cl)s1. The Labute approximate surface area is 180 Å². The van der Waals surface area contributed by atoms with Gasteiger partial charge in [0.2, 0.25) is 11.0 Å². The molecule has 0 aliphatic rings. The Hall–Kier alpha value is -2.00. The molecule has 146 valence electrons. The molecule has 6 nitrogen and oxygen atoms in total. The minimum Gasteiger partial charge on any atom is -0.495 e. The molecule has 3 aromatic rings. The van der Waals surface area contributed by atoms with Crippen LogP contribution in [0.25, 0.3) is 0 Å². The summed E-state index contributed by atoms with van der Waals surface area (Å²) < 4.78 is 5.98. The van der Waals surface area contributed by atoms with Gasteiger partial charge in [0.15, 0.2) is 4.34 Å². The first-order chi connectivity index (χ1) is 13.5. The van der Waals surface area contributed by atoms with Gasteiger partial charge < -0.3 is 15.4 Å². The van der Waals surface area contributed by atoms with Crippen molar-refractivity contribution in [1.82, 2.24) is 10.2 Å². The smallest absolute Gasteiger partial charge is 0.237 e. The minimum atomic E-state index is -0.390. The number of hydrogen-bond acceptors (Lipinski definition) is 7. The highest BCUT2D eigenvalue weighted by Gasteiger charge is 2.18. The van der Waals surface area contributed by atoms with Crippen LogP contribution in [0.4, 0.5) is 16.5 Å². The van der Waals surface area contributed by atoms with Crippen LogP contribution in [0.1, 0.15) is 6.92 Å². The van der Waals surface area contributed by atoms with Crippen molar-refractivity contribution >= 4 is 68.7 Å². The molecule has 0 radical (unpaired) electrons. The van der Waals surface area contributed by atoms with E-state index in [4.69, 9.17) is 27.9 Å². The Morgan fingerprint density at radius 2 is 1.96 bits per heavy atom. The van der Waals surface area contributed by atoms with E-state index in [0.717, 1.165) is 5.69 Å². The molecular formula is C18H16Cl2N4O2S2. The van der Waals surface area contributed by atoms with Crippen LogP contribution in [-0.4, -0.2) is 28.5 Å². The Balaban J connectivity index is 1.61. The van der Waals surface area contributed by atoms with Crippen molar-refractivity contribution in [3.63, 3.8) is 0 Å². The summed E-state index contributed by atoms with van der Waals surface area (Å²) in [5.74, 6) is 0.517. The number of carbonyl (C=O) groups is 1. The number of methoxy groups -OCH3 is 1. The zero-order chi connectivity index (χ0) is 20.1. The molecule has 28 heavy (non-hydrogen) atoms. The van der Waals surface area contributed by atoms with Gasteiger partial charge in [-0.15, -0.1) is 10.2 Å². The molecule has 1 atom stereocenters. The lowest BCUT2D eigenvalue weighted by Gasteiger charge is -2.11. The average Bonchev–Trinajstić information content (AvgIpc) is 3.11. The van der Waals surface area contributed by atoms with Gasteiger partial charge in [0.05, 0.1) is 28.8 Å². The van der Waals surface area contributed by atoms with Crippen LogP contribution in [0.5, 0.6) is 5.75 Å². The number of aromatic nitrogens is 2. The number of rotatable bonds is 7. The monoisotopic (exact) mass is 454 g/mol. The van der Waals surface area contributed by atoms with Gasteiger partial charge in [-0.25, -0.2) is 0 Å². The molecule has 1 aromatic heterocycles. The molecule has 1 heterocycles. The van der Waals surface area contributed by atoms with E-state index < -0.39 is 0 Å². The number of ether oxygens (including phenoxy) is 1. The first-order valence-corrected chi connectivity index (χ1v) is 10.6. The molecule has 10 heteroatoms. The van der Waals surface area contributed by atoms with E-state index in [1.165, 1.54) is 23.1 Å². The maximum absolute atomic E-state index is 12.4. The van der Waals surface area contributed by atoms with Crippen LogP contribution in [0.2, 0.25) is 10.0 Å². The third-order valence-electron chi connectivity index (χ3n) is 3.59. The Morgan fingerprint density at radius 3 is 2.71 bits per heavy atom. The van der Waals surface area contributed by atoms with Gasteiger partial charge in [-0.1, -0.05) is 58.4 Å². The van der Waals surface area contributed by atoms with E-state index in [2.05, 4.69) is 20.8 Å². The van der Waals surface area contributed by atoms with Gasteiger partial charge in [-0.2, -0.15) is 0 Å². The third kappa shape index (κ3) is 5.29. The lowest BCUT2D eigenvalue weighted by Crippen LogP contribution is -2.22. The van der Waals surface area contributed by atoms with Gasteiger partial charge in [0.1, 0.15) is 5.75 Å². The van der Waals surface area contributed by atoms with Gasteiger partial charge in [-0.3, -0.25) is 4.79 Å². The fraction of sp³-hybridized carbons (Fsp3) is 0.167. The van der Waals surface area contributed by atoms with E-state index >= 15 is 0 Å². The van der Waals surface area contributed by atoms with Gasteiger partial charge in [-0.05, 0) is 37.3 Å². The molecule has 0 saturated heterocycles. The average molecular weight is 455 g/mol. The lowest BCUT2D eigenvalue weighted by atomic mass is 10.3. The summed E-state index contributed by atoms with van der Waals surface area (Å²) >= 11 is 14.6. The highest BCUT2D eigenvalue weighted by molar-refractivity contribution is 8.02. The van der Waals surface area contributed by atoms with Crippen LogP contribution in [0, 0.1) is 0 Å². The Bertz CT molecular complexity index is 984. The normalized spacial score (nSPS) is 11.7. The predicted octanol–water partition coefficient (Wildman–Crippen LogP) is 5.72. The molecule has 1 amide bonds. The van der Waals surface area contributed by atoms with Gasteiger partial charge >= 0.3 is 0 Å². The van der Waals surface area contributed by atoms with Crippen molar-refractivity contribution in [2.45, 2.75) is 16.5 Å². The maximum atomic E-state index is 12.4. The molecule has 0 spiro atoms. The maximum Gasteiger partial charge on any atom is 0.237 e.